The van der Waals surface area contributed by atoms with E-state index in [0.717, 1.165) is 17.5 Å². The van der Waals surface area contributed by atoms with Crippen LogP contribution in [0.2, 0.25) is 0 Å². The van der Waals surface area contributed by atoms with Crippen molar-refractivity contribution in [2.24, 2.45) is 11.8 Å². The number of amides is 2. The van der Waals surface area contributed by atoms with Gasteiger partial charge in [-0.1, -0.05) is 72.3 Å². The van der Waals surface area contributed by atoms with Crippen LogP contribution in [0, 0.1) is 18.8 Å². The number of aromatic nitrogens is 3. The van der Waals surface area contributed by atoms with E-state index in [-0.39, 0.29) is 41.7 Å². The molecule has 1 N–H and O–H groups in total. The zero-order chi connectivity index (χ0) is 22.5. The molecule has 0 unspecified atom stereocenters. The van der Waals surface area contributed by atoms with Crippen LogP contribution in [0.15, 0.2) is 66.7 Å². The molecule has 1 aromatic heterocycles. The van der Waals surface area contributed by atoms with E-state index in [2.05, 4.69) is 53.6 Å². The van der Waals surface area contributed by atoms with E-state index >= 15 is 0 Å². The van der Waals surface area contributed by atoms with Gasteiger partial charge in [-0.3, -0.25) is 9.59 Å². The Morgan fingerprint density at radius 2 is 1.55 bits per heavy atom. The first kappa shape index (κ1) is 19.9. The summed E-state index contributed by atoms with van der Waals surface area (Å²) in [6.45, 7) is 2.07. The van der Waals surface area contributed by atoms with Gasteiger partial charge in [-0.25, -0.2) is 9.58 Å². The molecule has 6 rings (SSSR count). The predicted octanol–water partition coefficient (Wildman–Crippen LogP) is 4.19. The van der Waals surface area contributed by atoms with E-state index in [1.807, 2.05) is 35.0 Å². The molecular weight excluding hydrogens is 414 g/mol. The summed E-state index contributed by atoms with van der Waals surface area (Å²) >= 11 is 0. The van der Waals surface area contributed by atoms with Crippen LogP contribution in [0.5, 0.6) is 0 Å². The Morgan fingerprint density at radius 1 is 0.879 bits per heavy atom. The highest BCUT2D eigenvalue weighted by Gasteiger charge is 2.49. The van der Waals surface area contributed by atoms with Gasteiger partial charge in [0.25, 0.3) is 5.95 Å². The molecule has 7 nitrogen and oxygen atoms in total. The van der Waals surface area contributed by atoms with Crippen LogP contribution < -0.4 is 10.2 Å². The minimum atomic E-state index is -0.305. The molecule has 3 heterocycles. The third-order valence-electron chi connectivity index (χ3n) is 7.05. The van der Waals surface area contributed by atoms with Crippen molar-refractivity contribution in [1.29, 1.82) is 0 Å². The SMILES string of the molecule is Cc1ccc([C@H]2C[C@H](c3ccccc3)Nc3nc(N4C(=O)[C@H]5CC=CC[C@@H]5C4=O)nn32)cc1. The summed E-state index contributed by atoms with van der Waals surface area (Å²) in [6, 6.07) is 18.7. The summed E-state index contributed by atoms with van der Waals surface area (Å²) in [5, 5.41) is 8.20. The molecule has 7 heteroatoms. The maximum absolute atomic E-state index is 13.1. The van der Waals surface area contributed by atoms with Gasteiger partial charge in [0.15, 0.2) is 0 Å². The topological polar surface area (TPSA) is 80.1 Å². The van der Waals surface area contributed by atoms with E-state index in [4.69, 9.17) is 5.10 Å². The first-order valence-corrected chi connectivity index (χ1v) is 11.5. The van der Waals surface area contributed by atoms with Crippen molar-refractivity contribution in [3.63, 3.8) is 0 Å². The second-order valence-electron chi connectivity index (χ2n) is 9.12. The standard InChI is InChI=1S/C26H25N5O2/c1-16-11-13-18(14-12-16)22-15-21(17-7-3-2-4-8-17)27-25-28-26(29-31(22)25)30-23(32)19-9-5-6-10-20(19)24(30)33/h2-8,11-14,19-22H,9-10,15H2,1H3,(H,27,28,29)/t19-,20-,21+,22+/m0/s1. The Hall–Kier alpha value is -3.74. The van der Waals surface area contributed by atoms with Crippen LogP contribution in [0.1, 0.15) is 48.0 Å². The van der Waals surface area contributed by atoms with Crippen LogP contribution in [0.4, 0.5) is 11.9 Å². The van der Waals surface area contributed by atoms with Crippen molar-refractivity contribution < 1.29 is 9.59 Å². The number of anilines is 2. The average molecular weight is 440 g/mol. The Balaban J connectivity index is 1.41. The largest absolute Gasteiger partial charge is 0.347 e. The minimum absolute atomic E-state index is 0.0406. The van der Waals surface area contributed by atoms with Gasteiger partial charge in [0.05, 0.1) is 23.9 Å². The summed E-state index contributed by atoms with van der Waals surface area (Å²) in [5.41, 5.74) is 3.48. The van der Waals surface area contributed by atoms with Crippen molar-refractivity contribution in [2.45, 2.75) is 38.3 Å². The molecule has 2 amide bonds. The zero-order valence-corrected chi connectivity index (χ0v) is 18.4. The van der Waals surface area contributed by atoms with Crippen LogP contribution in [-0.4, -0.2) is 26.6 Å². The lowest BCUT2D eigenvalue weighted by Gasteiger charge is -2.31. The second-order valence-corrected chi connectivity index (χ2v) is 9.12. The fourth-order valence-corrected chi connectivity index (χ4v) is 5.23. The lowest BCUT2D eigenvalue weighted by Crippen LogP contribution is -2.32. The molecule has 1 saturated heterocycles. The number of aryl methyl sites for hydroxylation is 1. The lowest BCUT2D eigenvalue weighted by molar-refractivity contribution is -0.122. The molecule has 2 aliphatic heterocycles. The fourth-order valence-electron chi connectivity index (χ4n) is 5.23. The Bertz CT molecular complexity index is 1220. The summed E-state index contributed by atoms with van der Waals surface area (Å²) in [6.07, 6.45) is 5.95. The fraction of sp³-hybridized carbons (Fsp3) is 0.308. The maximum Gasteiger partial charge on any atom is 0.260 e. The van der Waals surface area contributed by atoms with Crippen molar-refractivity contribution >= 4 is 23.7 Å². The van der Waals surface area contributed by atoms with Gasteiger partial charge in [-0.15, -0.1) is 5.10 Å². The smallest absolute Gasteiger partial charge is 0.260 e. The van der Waals surface area contributed by atoms with E-state index in [1.165, 1.54) is 10.5 Å². The molecule has 0 radical (unpaired) electrons. The molecule has 3 aromatic rings. The van der Waals surface area contributed by atoms with Gasteiger partial charge in [0.2, 0.25) is 17.8 Å². The number of nitrogens with zero attached hydrogens (tertiary/aromatic N) is 4. The van der Waals surface area contributed by atoms with Gasteiger partial charge in [0.1, 0.15) is 0 Å². The maximum atomic E-state index is 13.1. The van der Waals surface area contributed by atoms with Gasteiger partial charge in [-0.05, 0) is 37.3 Å². The van der Waals surface area contributed by atoms with Crippen molar-refractivity contribution in [2.75, 3.05) is 10.2 Å². The molecule has 33 heavy (non-hydrogen) atoms. The molecule has 4 atom stereocenters. The van der Waals surface area contributed by atoms with Crippen molar-refractivity contribution in [3.05, 3.63) is 83.4 Å². The number of carbonyl (C=O) groups excluding carboxylic acids is 2. The number of nitrogens with one attached hydrogen (secondary N) is 1. The molecule has 0 spiro atoms. The van der Waals surface area contributed by atoms with Crippen molar-refractivity contribution in [3.8, 4) is 0 Å². The van der Waals surface area contributed by atoms with Crippen molar-refractivity contribution in [1.82, 2.24) is 14.8 Å². The molecule has 0 bridgehead atoms. The summed E-state index contributed by atoms with van der Waals surface area (Å²) < 4.78 is 1.83. The highest BCUT2D eigenvalue weighted by Crippen LogP contribution is 2.41. The second kappa shape index (κ2) is 7.69. The highest BCUT2D eigenvalue weighted by atomic mass is 16.2. The summed E-state index contributed by atoms with van der Waals surface area (Å²) in [4.78, 5) is 32.1. The molecular formula is C26H25N5O2. The first-order chi connectivity index (χ1) is 16.1. The number of hydrogen-bond donors (Lipinski definition) is 1. The van der Waals surface area contributed by atoms with Gasteiger partial charge >= 0.3 is 0 Å². The molecule has 1 aliphatic carbocycles. The van der Waals surface area contributed by atoms with E-state index in [1.54, 1.807) is 0 Å². The third-order valence-corrected chi connectivity index (χ3v) is 7.05. The Kier molecular flexibility index (Phi) is 4.64. The van der Waals surface area contributed by atoms with Gasteiger partial charge in [-0.2, -0.15) is 4.98 Å². The quantitative estimate of drug-likeness (QED) is 0.489. The minimum Gasteiger partial charge on any atom is -0.347 e. The Morgan fingerprint density at radius 3 is 2.21 bits per heavy atom. The van der Waals surface area contributed by atoms with Crippen LogP contribution >= 0.6 is 0 Å². The van der Waals surface area contributed by atoms with Gasteiger partial charge in [0, 0.05) is 0 Å². The summed E-state index contributed by atoms with van der Waals surface area (Å²) in [5.74, 6) is -0.244. The number of allylic oxidation sites excluding steroid dienone is 2. The third kappa shape index (κ3) is 3.26. The molecule has 3 aliphatic rings. The molecule has 166 valence electrons. The number of hydrogen-bond acceptors (Lipinski definition) is 5. The van der Waals surface area contributed by atoms with E-state index in [0.29, 0.717) is 18.8 Å². The predicted molar refractivity (Wildman–Crippen MR) is 125 cm³/mol. The first-order valence-electron chi connectivity index (χ1n) is 11.5. The normalized spacial score (nSPS) is 26.2. The number of benzene rings is 2. The number of rotatable bonds is 3. The van der Waals surface area contributed by atoms with E-state index < -0.39 is 0 Å². The zero-order valence-electron chi connectivity index (χ0n) is 18.4. The lowest BCUT2D eigenvalue weighted by atomic mass is 9.85. The summed E-state index contributed by atoms with van der Waals surface area (Å²) in [7, 11) is 0. The molecule has 1 fully saturated rings. The van der Waals surface area contributed by atoms with Gasteiger partial charge < -0.3 is 5.32 Å². The Labute approximate surface area is 192 Å². The highest BCUT2D eigenvalue weighted by molar-refractivity contribution is 6.21. The molecule has 0 saturated carbocycles. The molecule has 2 aromatic carbocycles. The van der Waals surface area contributed by atoms with E-state index in [9.17, 15) is 9.59 Å². The number of carbonyl (C=O) groups is 2. The number of fused-ring (bicyclic) bond motifs is 2. The van der Waals surface area contributed by atoms with Crippen LogP contribution in [-0.2, 0) is 9.59 Å². The number of imide groups is 1. The van der Waals surface area contributed by atoms with Crippen LogP contribution in [0.25, 0.3) is 0 Å². The van der Waals surface area contributed by atoms with Crippen LogP contribution in [0.3, 0.4) is 0 Å². The monoisotopic (exact) mass is 439 g/mol. The average Bonchev–Trinajstić information content (AvgIpc) is 3.38.